The molecule has 1 atom stereocenters. The van der Waals surface area contributed by atoms with Crippen molar-refractivity contribution in [2.75, 3.05) is 11.4 Å². The second-order valence-corrected chi connectivity index (χ2v) is 6.71. The van der Waals surface area contributed by atoms with E-state index in [0.29, 0.717) is 5.92 Å². The fourth-order valence-electron chi connectivity index (χ4n) is 3.65. The molecule has 1 heterocycles. The molecular formula is C19H23N3. The molecule has 114 valence electrons. The average Bonchev–Trinajstić information content (AvgIpc) is 2.45. The maximum atomic E-state index is 8.97. The molecule has 0 saturated carbocycles. The Kier molecular flexibility index (Phi) is 4.29. The number of hydrogen-bond donors (Lipinski definition) is 0. The van der Waals surface area contributed by atoms with Crippen LogP contribution >= 0.6 is 0 Å². The van der Waals surface area contributed by atoms with E-state index in [1.54, 1.807) is 6.08 Å². The van der Waals surface area contributed by atoms with Crippen LogP contribution in [0, 0.1) is 29.6 Å². The number of anilines is 1. The predicted molar refractivity (Wildman–Crippen MR) is 90.5 cm³/mol. The molecule has 2 rings (SSSR count). The second-order valence-electron chi connectivity index (χ2n) is 6.71. The number of fused-ring (bicyclic) bond motifs is 1. The Balaban J connectivity index is 2.62. The first-order valence-corrected chi connectivity index (χ1v) is 7.78. The molecular weight excluding hydrogens is 270 g/mol. The highest BCUT2D eigenvalue weighted by atomic mass is 15.2. The first-order chi connectivity index (χ1) is 10.3. The summed E-state index contributed by atoms with van der Waals surface area (Å²) in [5.74, 6) is 0.466. The monoisotopic (exact) mass is 293 g/mol. The molecule has 1 aliphatic heterocycles. The highest BCUT2D eigenvalue weighted by Gasteiger charge is 2.35. The predicted octanol–water partition coefficient (Wildman–Crippen LogP) is 4.54. The van der Waals surface area contributed by atoms with Crippen LogP contribution in [0.3, 0.4) is 0 Å². The molecule has 0 fully saturated rings. The SMILES string of the molecule is CCN1c2cc(C)c(C=C(C#N)C#N)cc2C(C)CC1(C)C. The lowest BCUT2D eigenvalue weighted by Gasteiger charge is -2.47. The van der Waals surface area contributed by atoms with Crippen molar-refractivity contribution < 1.29 is 0 Å². The van der Waals surface area contributed by atoms with Crippen LogP contribution in [0.4, 0.5) is 5.69 Å². The summed E-state index contributed by atoms with van der Waals surface area (Å²) in [6, 6.07) is 8.24. The van der Waals surface area contributed by atoms with Crippen LogP contribution < -0.4 is 4.90 Å². The lowest BCUT2D eigenvalue weighted by molar-refractivity contribution is 0.381. The van der Waals surface area contributed by atoms with Crippen LogP contribution in [0.2, 0.25) is 0 Å². The van der Waals surface area contributed by atoms with Crippen molar-refractivity contribution >= 4 is 11.8 Å². The van der Waals surface area contributed by atoms with Gasteiger partial charge in [-0.25, -0.2) is 0 Å². The van der Waals surface area contributed by atoms with E-state index in [1.165, 1.54) is 11.3 Å². The van der Waals surface area contributed by atoms with E-state index in [4.69, 9.17) is 10.5 Å². The van der Waals surface area contributed by atoms with Crippen molar-refractivity contribution in [2.45, 2.75) is 52.5 Å². The van der Waals surface area contributed by atoms with Crippen LogP contribution in [-0.2, 0) is 0 Å². The topological polar surface area (TPSA) is 50.8 Å². The van der Waals surface area contributed by atoms with Gasteiger partial charge in [-0.2, -0.15) is 10.5 Å². The number of nitrogens with zero attached hydrogens (tertiary/aromatic N) is 3. The second kappa shape index (κ2) is 5.85. The molecule has 0 saturated heterocycles. The molecule has 0 spiro atoms. The molecule has 0 aromatic heterocycles. The fraction of sp³-hybridized carbons (Fsp3) is 0.474. The number of rotatable bonds is 2. The molecule has 0 radical (unpaired) electrons. The van der Waals surface area contributed by atoms with Gasteiger partial charge in [0.05, 0.1) is 0 Å². The van der Waals surface area contributed by atoms with E-state index in [2.05, 4.69) is 44.7 Å². The quantitative estimate of drug-likeness (QED) is 0.752. The lowest BCUT2D eigenvalue weighted by atomic mass is 9.79. The molecule has 1 aromatic carbocycles. The normalized spacial score (nSPS) is 18.9. The van der Waals surface area contributed by atoms with Gasteiger partial charge >= 0.3 is 0 Å². The van der Waals surface area contributed by atoms with Gasteiger partial charge < -0.3 is 4.90 Å². The summed E-state index contributed by atoms with van der Waals surface area (Å²) in [4.78, 5) is 2.46. The van der Waals surface area contributed by atoms with Crippen LogP contribution in [0.5, 0.6) is 0 Å². The Morgan fingerprint density at radius 1 is 1.36 bits per heavy atom. The van der Waals surface area contributed by atoms with Gasteiger partial charge in [-0.05, 0) is 74.9 Å². The van der Waals surface area contributed by atoms with Gasteiger partial charge in [-0.15, -0.1) is 0 Å². The number of allylic oxidation sites excluding steroid dienone is 1. The number of hydrogen-bond acceptors (Lipinski definition) is 3. The minimum Gasteiger partial charge on any atom is -0.366 e. The summed E-state index contributed by atoms with van der Waals surface area (Å²) in [7, 11) is 0. The lowest BCUT2D eigenvalue weighted by Crippen LogP contribution is -2.48. The maximum Gasteiger partial charge on any atom is 0.130 e. The highest BCUT2D eigenvalue weighted by Crippen LogP contribution is 2.44. The molecule has 0 aliphatic carbocycles. The third-order valence-corrected chi connectivity index (χ3v) is 4.63. The van der Waals surface area contributed by atoms with Gasteiger partial charge in [0.1, 0.15) is 17.7 Å². The summed E-state index contributed by atoms with van der Waals surface area (Å²) in [6.45, 7) is 12.0. The summed E-state index contributed by atoms with van der Waals surface area (Å²) in [6.07, 6.45) is 2.79. The molecule has 3 nitrogen and oxygen atoms in total. The fourth-order valence-corrected chi connectivity index (χ4v) is 3.65. The Labute approximate surface area is 133 Å². The average molecular weight is 293 g/mol. The van der Waals surface area contributed by atoms with Crippen molar-refractivity contribution in [1.82, 2.24) is 0 Å². The Bertz CT molecular complexity index is 683. The van der Waals surface area contributed by atoms with Crippen LogP contribution in [-0.4, -0.2) is 12.1 Å². The number of aryl methyl sites for hydroxylation is 1. The van der Waals surface area contributed by atoms with E-state index < -0.39 is 0 Å². The molecule has 0 amide bonds. The summed E-state index contributed by atoms with van der Waals surface area (Å²) >= 11 is 0. The third kappa shape index (κ3) is 2.72. The first-order valence-electron chi connectivity index (χ1n) is 7.78. The Hall–Kier alpha value is -2.26. The van der Waals surface area contributed by atoms with Crippen molar-refractivity contribution in [3.63, 3.8) is 0 Å². The van der Waals surface area contributed by atoms with Gasteiger partial charge in [0.2, 0.25) is 0 Å². The van der Waals surface area contributed by atoms with Gasteiger partial charge in [0.25, 0.3) is 0 Å². The van der Waals surface area contributed by atoms with E-state index in [0.717, 1.165) is 24.1 Å². The summed E-state index contributed by atoms with van der Waals surface area (Å²) in [5, 5.41) is 17.9. The Morgan fingerprint density at radius 3 is 2.55 bits per heavy atom. The van der Waals surface area contributed by atoms with Gasteiger partial charge in [0.15, 0.2) is 0 Å². The minimum absolute atomic E-state index is 0.148. The van der Waals surface area contributed by atoms with E-state index in [1.807, 2.05) is 19.1 Å². The summed E-state index contributed by atoms with van der Waals surface area (Å²) < 4.78 is 0. The zero-order chi connectivity index (χ0) is 16.5. The highest BCUT2D eigenvalue weighted by molar-refractivity contribution is 5.70. The minimum atomic E-state index is 0.148. The molecule has 1 unspecified atom stereocenters. The van der Waals surface area contributed by atoms with Crippen molar-refractivity contribution in [1.29, 1.82) is 10.5 Å². The molecule has 1 aromatic rings. The molecule has 0 N–H and O–H groups in total. The van der Waals surface area contributed by atoms with E-state index in [-0.39, 0.29) is 11.1 Å². The third-order valence-electron chi connectivity index (χ3n) is 4.63. The first kappa shape index (κ1) is 16.1. The van der Waals surface area contributed by atoms with Crippen molar-refractivity contribution in [3.05, 3.63) is 34.4 Å². The Morgan fingerprint density at radius 2 is 2.00 bits per heavy atom. The summed E-state index contributed by atoms with van der Waals surface area (Å²) in [5.41, 5.74) is 4.98. The van der Waals surface area contributed by atoms with E-state index in [9.17, 15) is 0 Å². The smallest absolute Gasteiger partial charge is 0.130 e. The zero-order valence-corrected chi connectivity index (χ0v) is 14.1. The number of nitriles is 2. The molecule has 0 bridgehead atoms. The van der Waals surface area contributed by atoms with Crippen molar-refractivity contribution in [2.24, 2.45) is 0 Å². The van der Waals surface area contributed by atoms with Crippen LogP contribution in [0.25, 0.3) is 6.08 Å². The largest absolute Gasteiger partial charge is 0.366 e. The van der Waals surface area contributed by atoms with Crippen LogP contribution in [0.15, 0.2) is 17.7 Å². The number of benzene rings is 1. The van der Waals surface area contributed by atoms with Gasteiger partial charge in [0, 0.05) is 17.8 Å². The van der Waals surface area contributed by atoms with Gasteiger partial charge in [-0.1, -0.05) is 6.92 Å². The van der Waals surface area contributed by atoms with E-state index >= 15 is 0 Å². The maximum absolute atomic E-state index is 8.97. The van der Waals surface area contributed by atoms with Crippen LogP contribution in [0.1, 0.15) is 56.7 Å². The standard InChI is InChI=1S/C19H23N3/c1-6-22-18-7-13(2)16(8-15(11-20)12-21)9-17(18)14(3)10-19(22,4)5/h7-9,14H,6,10H2,1-5H3. The molecule has 3 heteroatoms. The van der Waals surface area contributed by atoms with Gasteiger partial charge in [-0.3, -0.25) is 0 Å². The molecule has 22 heavy (non-hydrogen) atoms. The molecule has 1 aliphatic rings. The van der Waals surface area contributed by atoms with Crippen molar-refractivity contribution in [3.8, 4) is 12.1 Å². The zero-order valence-electron chi connectivity index (χ0n) is 14.1.